The van der Waals surface area contributed by atoms with Crippen molar-refractivity contribution in [3.63, 3.8) is 0 Å². The fourth-order valence-electron chi connectivity index (χ4n) is 4.53. The molecule has 0 aliphatic carbocycles. The van der Waals surface area contributed by atoms with Crippen LogP contribution in [-0.4, -0.2) is 96.0 Å². The van der Waals surface area contributed by atoms with Gasteiger partial charge in [-0.2, -0.15) is 0 Å². The smallest absolute Gasteiger partial charge is 0.315 e. The molecule has 2 fully saturated rings. The fraction of sp³-hybridized carbons (Fsp3) is 0.481. The minimum Gasteiger partial charge on any atom is -0.504 e. The predicted octanol–water partition coefficient (Wildman–Crippen LogP) is 4.74. The number of carbonyl (C=O) groups excluding carboxylic acids is 2. The molecule has 2 saturated heterocycles. The summed E-state index contributed by atoms with van der Waals surface area (Å²) in [6.45, 7) is 6.23. The molecular formula is C27H36Cl2N4O10S. The van der Waals surface area contributed by atoms with E-state index in [0.717, 1.165) is 68.4 Å². The average Bonchev–Trinajstić information content (AvgIpc) is 3.48. The number of nitrogens with zero attached hydrogens (tertiary/aromatic N) is 4. The Bertz CT molecular complexity index is 1340. The van der Waals surface area contributed by atoms with Crippen LogP contribution in [0.4, 0.5) is 11.4 Å². The van der Waals surface area contributed by atoms with E-state index in [1.54, 1.807) is 11.8 Å². The highest BCUT2D eigenvalue weighted by atomic mass is 35.5. The number of Topliss-reactive ketones (excluding diaryl/α,β-unsaturated/α-hetero) is 2. The van der Waals surface area contributed by atoms with Gasteiger partial charge < -0.3 is 25.3 Å². The van der Waals surface area contributed by atoms with E-state index in [9.17, 15) is 50.2 Å². The summed E-state index contributed by atoms with van der Waals surface area (Å²) in [7, 11) is 0. The number of nitro benzene ring substituents is 2. The molecule has 0 bridgehead atoms. The van der Waals surface area contributed by atoms with Gasteiger partial charge in [0.15, 0.2) is 23.1 Å². The van der Waals surface area contributed by atoms with E-state index in [1.807, 2.05) is 0 Å². The second kappa shape index (κ2) is 17.8. The van der Waals surface area contributed by atoms with Crippen molar-refractivity contribution >= 4 is 59.5 Å². The van der Waals surface area contributed by atoms with Gasteiger partial charge in [-0.15, -0.1) is 36.6 Å². The van der Waals surface area contributed by atoms with Gasteiger partial charge in [0.1, 0.15) is 0 Å². The van der Waals surface area contributed by atoms with Crippen molar-refractivity contribution in [1.82, 2.24) is 9.80 Å². The Labute approximate surface area is 270 Å². The van der Waals surface area contributed by atoms with Crippen LogP contribution < -0.4 is 0 Å². The second-order valence-electron chi connectivity index (χ2n) is 10.3. The Morgan fingerprint density at radius 2 is 1.23 bits per heavy atom. The second-order valence-corrected chi connectivity index (χ2v) is 11.3. The highest BCUT2D eigenvalue weighted by molar-refractivity contribution is 7.99. The zero-order valence-corrected chi connectivity index (χ0v) is 26.4. The fourth-order valence-corrected chi connectivity index (χ4v) is 5.56. The number of phenols is 4. The van der Waals surface area contributed by atoms with Gasteiger partial charge in [-0.3, -0.25) is 34.7 Å². The number of rotatable bonds is 10. The highest BCUT2D eigenvalue weighted by Gasteiger charge is 2.24. The summed E-state index contributed by atoms with van der Waals surface area (Å²) in [6, 6.07) is 4.14. The van der Waals surface area contributed by atoms with Crippen LogP contribution in [0.5, 0.6) is 23.0 Å². The number of carbonyl (C=O) groups is 2. The number of nitro groups is 2. The molecule has 4 N–H and O–H groups in total. The van der Waals surface area contributed by atoms with E-state index >= 15 is 0 Å². The molecular weight excluding hydrogens is 643 g/mol. The lowest BCUT2D eigenvalue weighted by Gasteiger charge is -2.29. The topological polar surface area (TPSA) is 208 Å². The molecule has 17 heteroatoms. The van der Waals surface area contributed by atoms with E-state index in [4.69, 9.17) is 0 Å². The summed E-state index contributed by atoms with van der Waals surface area (Å²) < 4.78 is 0. The molecule has 2 aliphatic heterocycles. The first-order valence-corrected chi connectivity index (χ1v) is 14.5. The normalized spacial score (nSPS) is 15.3. The quantitative estimate of drug-likeness (QED) is 0.116. The first-order chi connectivity index (χ1) is 19.9. The van der Waals surface area contributed by atoms with Crippen molar-refractivity contribution in [2.75, 3.05) is 44.4 Å². The Kier molecular flexibility index (Phi) is 15.6. The lowest BCUT2D eigenvalue weighted by molar-refractivity contribution is -0.386. The largest absolute Gasteiger partial charge is 0.504 e. The number of hydrogen-bond acceptors (Lipinski definition) is 13. The number of benzene rings is 2. The lowest BCUT2D eigenvalue weighted by Crippen LogP contribution is -2.34. The third-order valence-electron chi connectivity index (χ3n) is 7.19. The molecule has 0 radical (unpaired) electrons. The third kappa shape index (κ3) is 10.7. The molecule has 14 nitrogen and oxygen atoms in total. The Hall–Kier alpha value is -3.37. The molecule has 0 aromatic heterocycles. The van der Waals surface area contributed by atoms with Gasteiger partial charge in [0, 0.05) is 67.4 Å². The molecule has 2 aliphatic rings. The van der Waals surface area contributed by atoms with Gasteiger partial charge in [-0.05, 0) is 44.0 Å². The Balaban J connectivity index is 0.000000422. The number of likely N-dealkylation sites (tertiary alicyclic amines) is 1. The van der Waals surface area contributed by atoms with Crippen LogP contribution in [0, 0.1) is 26.1 Å². The van der Waals surface area contributed by atoms with Gasteiger partial charge in [0.05, 0.1) is 9.85 Å². The zero-order chi connectivity index (χ0) is 31.0. The molecule has 2 aromatic rings. The molecule has 0 saturated carbocycles. The molecule has 2 aromatic carbocycles. The maximum atomic E-state index is 12.1. The van der Waals surface area contributed by atoms with Gasteiger partial charge in [-0.25, -0.2) is 0 Å². The number of thioether (sulfide) groups is 1. The van der Waals surface area contributed by atoms with Crippen LogP contribution in [0.15, 0.2) is 24.3 Å². The summed E-state index contributed by atoms with van der Waals surface area (Å²) in [5, 5.41) is 59.3. The number of piperidine rings is 1. The van der Waals surface area contributed by atoms with E-state index < -0.39 is 44.2 Å². The highest BCUT2D eigenvalue weighted by Crippen LogP contribution is 2.37. The summed E-state index contributed by atoms with van der Waals surface area (Å²) in [5.41, 5.74) is -1.23. The number of ketones is 2. The molecule has 44 heavy (non-hydrogen) atoms. The maximum Gasteiger partial charge on any atom is 0.315 e. The molecule has 4 rings (SSSR count). The van der Waals surface area contributed by atoms with Crippen LogP contribution in [0.2, 0.25) is 0 Å². The summed E-state index contributed by atoms with van der Waals surface area (Å²) in [5.74, 6) is -0.868. The van der Waals surface area contributed by atoms with Crippen LogP contribution >= 0.6 is 36.6 Å². The number of phenolic OH excluding ortho intramolecular Hbond substituents is 4. The predicted molar refractivity (Wildman–Crippen MR) is 169 cm³/mol. The average molecular weight is 680 g/mol. The summed E-state index contributed by atoms with van der Waals surface area (Å²) in [4.78, 5) is 48.3. The Morgan fingerprint density at radius 1 is 0.795 bits per heavy atom. The monoisotopic (exact) mass is 678 g/mol. The van der Waals surface area contributed by atoms with Crippen molar-refractivity contribution in [1.29, 1.82) is 0 Å². The van der Waals surface area contributed by atoms with E-state index in [1.165, 1.54) is 0 Å². The van der Waals surface area contributed by atoms with Crippen LogP contribution in [-0.2, 0) is 0 Å². The number of hydrogen-bond donors (Lipinski definition) is 4. The van der Waals surface area contributed by atoms with Crippen molar-refractivity contribution in [3.8, 4) is 23.0 Å². The zero-order valence-electron chi connectivity index (χ0n) is 23.9. The van der Waals surface area contributed by atoms with E-state index in [2.05, 4.69) is 16.7 Å². The van der Waals surface area contributed by atoms with E-state index in [-0.39, 0.29) is 60.3 Å². The van der Waals surface area contributed by atoms with Crippen molar-refractivity contribution < 1.29 is 39.9 Å². The van der Waals surface area contributed by atoms with Gasteiger partial charge >= 0.3 is 11.4 Å². The van der Waals surface area contributed by atoms with Crippen LogP contribution in [0.25, 0.3) is 0 Å². The first-order valence-electron chi connectivity index (χ1n) is 13.4. The summed E-state index contributed by atoms with van der Waals surface area (Å²) in [6.07, 6.45) is 2.68. The SMILES string of the molecule is CC1CCN(CCC(=O)c2cc(O)c(O)c([N+](=O)[O-])c2)CC1.Cl.Cl.O=C(CCN1CCSC1)c1cc(O)c(O)c([N+](=O)[O-])c1. The van der Waals surface area contributed by atoms with E-state index in [0.29, 0.717) is 19.0 Å². The molecule has 0 atom stereocenters. The standard InChI is InChI=1S/C15H20N2O5.C12H14N2O5S.2ClH/c1-10-2-5-16(6-3-10)7-4-13(18)11-8-12(17(21)22)15(20)14(19)9-11;15-10(1-2-13-3-4-20-7-13)8-5-9(14(18)19)12(17)11(16)6-8;;/h8-10,19-20H,2-7H2,1H3;5-6,16-17H,1-4,7H2;2*1H. The minimum atomic E-state index is -0.830. The molecule has 0 spiro atoms. The van der Waals surface area contributed by atoms with Crippen molar-refractivity contribution in [2.45, 2.75) is 32.6 Å². The maximum absolute atomic E-state index is 12.1. The third-order valence-corrected chi connectivity index (χ3v) is 8.21. The minimum absolute atomic E-state index is 0. The summed E-state index contributed by atoms with van der Waals surface area (Å²) >= 11 is 1.79. The lowest BCUT2D eigenvalue weighted by atomic mass is 9.98. The van der Waals surface area contributed by atoms with Gasteiger partial charge in [0.2, 0.25) is 11.5 Å². The number of halogens is 2. The molecule has 244 valence electrons. The molecule has 0 unspecified atom stereocenters. The molecule has 2 heterocycles. The van der Waals surface area contributed by atoms with Gasteiger partial charge in [-0.1, -0.05) is 6.92 Å². The van der Waals surface area contributed by atoms with Crippen LogP contribution in [0.1, 0.15) is 53.3 Å². The van der Waals surface area contributed by atoms with Crippen LogP contribution in [0.3, 0.4) is 0 Å². The van der Waals surface area contributed by atoms with Crippen molar-refractivity contribution in [3.05, 3.63) is 55.6 Å². The Morgan fingerprint density at radius 3 is 1.61 bits per heavy atom. The van der Waals surface area contributed by atoms with Crippen molar-refractivity contribution in [2.24, 2.45) is 5.92 Å². The molecule has 0 amide bonds. The number of aromatic hydroxyl groups is 4. The first kappa shape index (κ1) is 38.7. The van der Waals surface area contributed by atoms with Gasteiger partial charge in [0.25, 0.3) is 0 Å².